The molecule has 4 unspecified atom stereocenters. The average Bonchev–Trinajstić information content (AvgIpc) is 3.74. The normalized spacial score (nSPS) is 27.6. The van der Waals surface area contributed by atoms with Crippen LogP contribution in [0.1, 0.15) is 113 Å². The molecule has 0 spiro atoms. The second kappa shape index (κ2) is 18.2. The third-order valence-electron chi connectivity index (χ3n) is 12.6. The van der Waals surface area contributed by atoms with Crippen LogP contribution in [0.5, 0.6) is 0 Å². The largest absolute Gasteiger partial charge is 0.481 e. The Balaban J connectivity index is 1.43. The van der Waals surface area contributed by atoms with E-state index < -0.39 is 109 Å². The van der Waals surface area contributed by atoms with E-state index in [-0.39, 0.29) is 23.8 Å². The number of nitrogens with zero attached hydrogens (tertiary/aromatic N) is 1. The molecule has 5 amide bonds. The Morgan fingerprint density at radius 3 is 2.07 bits per heavy atom. The van der Waals surface area contributed by atoms with Gasteiger partial charge in [-0.2, -0.15) is 0 Å². The van der Waals surface area contributed by atoms with Crippen molar-refractivity contribution >= 4 is 48.6 Å². The summed E-state index contributed by atoms with van der Waals surface area (Å²) in [4.78, 5) is 91.8. The van der Waals surface area contributed by atoms with Gasteiger partial charge in [-0.1, -0.05) is 54.9 Å². The Morgan fingerprint density at radius 2 is 1.50 bits per heavy atom. The first-order valence-electron chi connectivity index (χ1n) is 20.2. The van der Waals surface area contributed by atoms with E-state index in [1.807, 2.05) is 6.92 Å². The minimum Gasteiger partial charge on any atom is -0.481 e. The predicted molar refractivity (Wildman–Crippen MR) is 204 cm³/mol. The maximum atomic E-state index is 14.2. The first-order valence-corrected chi connectivity index (χ1v) is 20.2. The molecule has 5 fully saturated rings. The van der Waals surface area contributed by atoms with Gasteiger partial charge in [-0.25, -0.2) is 0 Å². The van der Waals surface area contributed by atoms with Gasteiger partial charge in [0.05, 0.1) is 30.1 Å². The fourth-order valence-corrected chi connectivity index (χ4v) is 9.06. The van der Waals surface area contributed by atoms with Crippen molar-refractivity contribution in [3.63, 3.8) is 0 Å². The monoisotopic (exact) mass is 790 g/mol. The van der Waals surface area contributed by atoms with Crippen LogP contribution in [0.3, 0.4) is 0 Å². The molecule has 0 radical (unpaired) electrons. The number of rotatable bonds is 19. The molecule has 2 bridgehead atoms. The van der Waals surface area contributed by atoms with Gasteiger partial charge in [0.1, 0.15) is 24.2 Å². The number of amides is 5. The molecule has 56 heavy (non-hydrogen) atoms. The summed E-state index contributed by atoms with van der Waals surface area (Å²) < 4.78 is 13.2. The van der Waals surface area contributed by atoms with Gasteiger partial charge in [-0.05, 0) is 74.5 Å². The first-order chi connectivity index (χ1) is 26.1. The zero-order chi connectivity index (χ0) is 41.9. The SMILES string of the molecule is CCC[C@H](NC(=O)C1CCCN1C(=O)[C@@H](NC(=O)[C@@H](NC(=O)[C@H](CCC(=O)O)NC(=O)[C@@H](N)CC(=O)O)C(C)C)C(C)C)B1OC2CC3CC(C3(C)C)[C@]2(C)O1. The zero-order valence-corrected chi connectivity index (χ0v) is 34.1. The van der Waals surface area contributed by atoms with Crippen LogP contribution in [0.15, 0.2) is 0 Å². The molecule has 18 heteroatoms. The van der Waals surface area contributed by atoms with Crippen LogP contribution in [0, 0.1) is 29.1 Å². The van der Waals surface area contributed by atoms with E-state index in [0.717, 1.165) is 19.3 Å². The molecule has 8 N–H and O–H groups in total. The van der Waals surface area contributed by atoms with E-state index >= 15 is 0 Å². The summed E-state index contributed by atoms with van der Waals surface area (Å²) in [5.41, 5.74) is 5.37. The summed E-state index contributed by atoms with van der Waals surface area (Å²) in [6.07, 6.45) is 2.81. The second-order valence-electron chi connectivity index (χ2n) is 17.6. The van der Waals surface area contributed by atoms with Gasteiger partial charge in [0, 0.05) is 13.0 Å². The molecule has 2 heterocycles. The smallest absolute Gasteiger partial charge is 0.481 e. The Labute approximate surface area is 329 Å². The molecular weight excluding hydrogens is 727 g/mol. The van der Waals surface area contributed by atoms with Gasteiger partial charge in [0.25, 0.3) is 0 Å². The highest BCUT2D eigenvalue weighted by Crippen LogP contribution is 2.65. The van der Waals surface area contributed by atoms with Crippen molar-refractivity contribution in [3.05, 3.63) is 0 Å². The molecule has 5 aliphatic rings. The van der Waals surface area contributed by atoms with Crippen LogP contribution in [0.2, 0.25) is 0 Å². The minimum atomic E-state index is -1.50. The lowest BCUT2D eigenvalue weighted by molar-refractivity contribution is -0.199. The van der Waals surface area contributed by atoms with Crippen molar-refractivity contribution in [1.29, 1.82) is 0 Å². The number of hydrogen-bond donors (Lipinski definition) is 7. The summed E-state index contributed by atoms with van der Waals surface area (Å²) in [5, 5.41) is 29.0. The molecular formula is C38H63BN6O11. The van der Waals surface area contributed by atoms with E-state index in [1.54, 1.807) is 27.7 Å². The highest BCUT2D eigenvalue weighted by molar-refractivity contribution is 6.48. The van der Waals surface area contributed by atoms with E-state index in [0.29, 0.717) is 37.6 Å². The van der Waals surface area contributed by atoms with Gasteiger partial charge in [-0.3, -0.25) is 33.6 Å². The lowest BCUT2D eigenvalue weighted by Gasteiger charge is -2.64. The summed E-state index contributed by atoms with van der Waals surface area (Å²) in [6.45, 7) is 15.9. The summed E-state index contributed by atoms with van der Waals surface area (Å²) in [6, 6.07) is -6.00. The van der Waals surface area contributed by atoms with Crippen LogP contribution >= 0.6 is 0 Å². The van der Waals surface area contributed by atoms with Gasteiger partial charge in [0.15, 0.2) is 0 Å². The van der Waals surface area contributed by atoms with Crippen LogP contribution in [-0.4, -0.2) is 118 Å². The molecule has 0 aromatic heterocycles. The first kappa shape index (κ1) is 44.9. The van der Waals surface area contributed by atoms with E-state index in [1.165, 1.54) is 4.90 Å². The van der Waals surface area contributed by atoms with E-state index in [4.69, 9.17) is 20.1 Å². The Bertz CT molecular complexity index is 1510. The fraction of sp³-hybridized carbons (Fsp3) is 0.816. The minimum absolute atomic E-state index is 0.0450. The third kappa shape index (κ3) is 9.84. The lowest BCUT2D eigenvalue weighted by Crippen LogP contribution is -2.65. The number of aliphatic carboxylic acids is 2. The van der Waals surface area contributed by atoms with Gasteiger partial charge in [0.2, 0.25) is 29.5 Å². The summed E-state index contributed by atoms with van der Waals surface area (Å²) >= 11 is 0. The van der Waals surface area contributed by atoms with Crippen molar-refractivity contribution in [3.8, 4) is 0 Å². The van der Waals surface area contributed by atoms with Crippen molar-refractivity contribution in [1.82, 2.24) is 26.2 Å². The molecule has 314 valence electrons. The van der Waals surface area contributed by atoms with Gasteiger partial charge in [-0.15, -0.1) is 0 Å². The molecule has 5 rings (SSSR count). The maximum absolute atomic E-state index is 14.2. The Kier molecular flexibility index (Phi) is 14.6. The van der Waals surface area contributed by atoms with Crippen LogP contribution < -0.4 is 27.0 Å². The number of carbonyl (C=O) groups is 7. The van der Waals surface area contributed by atoms with Crippen LogP contribution in [0.4, 0.5) is 0 Å². The van der Waals surface area contributed by atoms with Crippen molar-refractivity contribution < 1.29 is 53.1 Å². The second-order valence-corrected chi connectivity index (χ2v) is 17.6. The third-order valence-corrected chi connectivity index (χ3v) is 12.6. The molecule has 17 nitrogen and oxygen atoms in total. The van der Waals surface area contributed by atoms with E-state index in [9.17, 15) is 38.7 Å². The Hall–Kier alpha value is -3.77. The lowest BCUT2D eigenvalue weighted by atomic mass is 9.43. The number of carboxylic acid groups (broad SMARTS) is 2. The number of hydrogen-bond acceptors (Lipinski definition) is 10. The highest BCUT2D eigenvalue weighted by Gasteiger charge is 2.68. The van der Waals surface area contributed by atoms with E-state index in [2.05, 4.69) is 42.0 Å². The molecule has 0 aromatic carbocycles. The number of nitrogens with two attached hydrogens (primary N) is 1. The zero-order valence-electron chi connectivity index (χ0n) is 34.1. The van der Waals surface area contributed by atoms with Crippen molar-refractivity contribution in [2.75, 3.05) is 6.54 Å². The molecule has 3 aliphatic carbocycles. The standard InChI is InChI=1S/C38H63BN6O11/c1-9-11-27(39-55-26-17-21-16-25(37(21,6)7)38(26,8)56-39)42-34(52)24-12-10-15-45(24)36(54)31(20(4)5)44-35(53)30(19(2)3)43-33(51)23(13-14-28(46)47)41-32(50)22(40)18-29(48)49/h19-27,30-31H,9-18,40H2,1-8H3,(H,41,50)(H,42,52)(H,43,51)(H,44,53)(H,46,47)(H,48,49)/t21?,22-,23-,24?,25?,26?,27-,30-,31-,38-/m0/s1. The molecule has 3 saturated carbocycles. The molecule has 2 saturated heterocycles. The molecule has 0 aromatic rings. The van der Waals surface area contributed by atoms with Crippen LogP contribution in [0.25, 0.3) is 0 Å². The summed E-state index contributed by atoms with van der Waals surface area (Å²) in [5.74, 6) is -6.30. The number of carbonyl (C=O) groups excluding carboxylic acids is 5. The predicted octanol–water partition coefficient (Wildman–Crippen LogP) is 0.963. The topological polar surface area (TPSA) is 256 Å². The Morgan fingerprint density at radius 1 is 0.857 bits per heavy atom. The quantitative estimate of drug-likeness (QED) is 0.0904. The molecule has 10 atom stereocenters. The van der Waals surface area contributed by atoms with Gasteiger partial charge < -0.3 is 51.4 Å². The van der Waals surface area contributed by atoms with Crippen molar-refractivity contribution in [2.45, 2.75) is 161 Å². The highest BCUT2D eigenvalue weighted by atomic mass is 16.7. The van der Waals surface area contributed by atoms with Gasteiger partial charge >= 0.3 is 19.1 Å². The average molecular weight is 791 g/mol. The number of carboxylic acids is 2. The fourth-order valence-electron chi connectivity index (χ4n) is 9.06. The number of nitrogens with one attached hydrogen (secondary N) is 4. The van der Waals surface area contributed by atoms with Crippen LogP contribution in [-0.2, 0) is 42.9 Å². The number of likely N-dealkylation sites (tertiary alicyclic amines) is 1. The molecule has 2 aliphatic heterocycles. The summed E-state index contributed by atoms with van der Waals surface area (Å²) in [7, 11) is -0.612. The maximum Gasteiger partial charge on any atom is 0.481 e. The van der Waals surface area contributed by atoms with Crippen molar-refractivity contribution in [2.24, 2.45) is 34.8 Å².